The van der Waals surface area contributed by atoms with Gasteiger partial charge in [0.05, 0.1) is 0 Å². The molecule has 3 radical (unpaired) electrons. The Balaban J connectivity index is -0.00000000611. The number of unbranched alkanes of at least 4 members (excludes halogenated alkanes) is 1. The van der Waals surface area contributed by atoms with E-state index in [0.717, 1.165) is 0 Å². The third kappa shape index (κ3) is 959. The summed E-state index contributed by atoms with van der Waals surface area (Å²) in [5.74, 6) is 0. The van der Waals surface area contributed by atoms with E-state index in [1.54, 1.807) is 0 Å². The summed E-state index contributed by atoms with van der Waals surface area (Å²) >= 11 is 2.15. The van der Waals surface area contributed by atoms with Crippen LogP contribution in [0.2, 0.25) is 4.47 Å². The average Bonchev–Trinajstić information content (AvgIpc) is 2.61. The first kappa shape index (κ1) is 87.1. The second-order valence-corrected chi connectivity index (χ2v) is 2.22. The molecule has 0 bridgehead atoms. The van der Waals surface area contributed by atoms with Gasteiger partial charge in [0, 0.05) is 57.8 Å². The zero-order chi connectivity index (χ0) is 18.1. The van der Waals surface area contributed by atoms with Gasteiger partial charge >= 0.3 is 133 Å². The molecule has 0 aliphatic heterocycles. The van der Waals surface area contributed by atoms with E-state index in [4.69, 9.17) is 32.7 Å². The molecule has 0 unspecified atom stereocenters. The average molecular weight is 628 g/mol. The topological polar surface area (TPSA) is 136 Å². The summed E-state index contributed by atoms with van der Waals surface area (Å²) < 4.78 is 46.4. The molecule has 23 heavy (non-hydrogen) atoms. The van der Waals surface area contributed by atoms with E-state index < -0.39 is 0 Å². The molecule has 0 rings (SSSR count). The Labute approximate surface area is 200 Å². The molecule has 0 aromatic rings. The Kier molecular flexibility index (Phi) is 2350. The second-order valence-electron chi connectivity index (χ2n) is 1.06. The Morgan fingerprint density at radius 3 is 0.870 bits per heavy atom. The predicted octanol–water partition coefficient (Wildman–Crippen LogP) is -2.51. The first-order valence-corrected chi connectivity index (χ1v) is 5.10. The van der Waals surface area contributed by atoms with E-state index in [9.17, 15) is 0 Å². The van der Waals surface area contributed by atoms with Crippen LogP contribution in [0.5, 0.6) is 0 Å². The Bertz CT molecular complexity index is 161. The fourth-order valence-corrected chi connectivity index (χ4v) is 0.968. The minimum absolute atomic E-state index is 0. The monoisotopic (exact) mass is 633 g/mol. The summed E-state index contributed by atoms with van der Waals surface area (Å²) in [5.41, 5.74) is 0. The summed E-state index contributed by atoms with van der Waals surface area (Å²) in [6.45, 7) is 32.5. The zero-order valence-corrected chi connectivity index (χ0v) is 18.9. The van der Waals surface area contributed by atoms with Gasteiger partial charge in [-0.1, -0.05) is 0 Å². The number of hydrogen-bond acceptors (Lipinski definition) is 1. The molecule has 0 aliphatic carbocycles. The summed E-state index contributed by atoms with van der Waals surface area (Å²) in [6, 6.07) is 0. The van der Waals surface area contributed by atoms with E-state index in [2.05, 4.69) is 75.9 Å². The van der Waals surface area contributed by atoms with Crippen molar-refractivity contribution in [2.75, 3.05) is 0 Å². The maximum absolute atomic E-state index is 7.75. The van der Waals surface area contributed by atoms with Gasteiger partial charge in [-0.2, -0.15) is 0 Å². The summed E-state index contributed by atoms with van der Waals surface area (Å²) in [5, 5.41) is 0. The van der Waals surface area contributed by atoms with Gasteiger partial charge < -0.3 is 4.79 Å². The molecule has 0 saturated carbocycles. The summed E-state index contributed by atoms with van der Waals surface area (Å²) in [4.78, 5) is 7.75. The van der Waals surface area contributed by atoms with Crippen molar-refractivity contribution in [1.82, 2.24) is 0 Å². The summed E-state index contributed by atoms with van der Waals surface area (Å²) in [6.07, 6.45) is 2.74. The molecule has 0 fully saturated rings. The van der Waals surface area contributed by atoms with Crippen LogP contribution >= 0.6 is 0 Å². The van der Waals surface area contributed by atoms with Crippen molar-refractivity contribution in [3.63, 3.8) is 0 Å². The van der Waals surface area contributed by atoms with Gasteiger partial charge in [-0.05, 0) is 0 Å². The predicted molar refractivity (Wildman–Crippen MR) is 61.6 cm³/mol. The van der Waals surface area contributed by atoms with Crippen molar-refractivity contribution >= 4 is 52.8 Å². The molecule has 0 saturated heterocycles. The van der Waals surface area contributed by atoms with Gasteiger partial charge in [0.25, 0.3) is 0 Å². The Hall–Kier alpha value is 1.33. The molecular weight excluding hydrogens is 618 g/mol. The van der Waals surface area contributed by atoms with E-state index >= 15 is 0 Å². The standard InChI is InChI=1S/C4H9Te.CHO.6CO.2Fe.Li.Te/c1-2-3-4-5;7*1-2;;;;/h2-4H2,1H3;1H;;;;;;;;;;/q;-1;;;;;;;;;+1;. The molecule has 0 aromatic carbocycles. The van der Waals surface area contributed by atoms with Crippen molar-refractivity contribution in [1.29, 1.82) is 0 Å². The van der Waals surface area contributed by atoms with Gasteiger partial charge in [0.15, 0.2) is 0 Å². The Morgan fingerprint density at radius 2 is 0.870 bits per heavy atom. The van der Waals surface area contributed by atoms with Crippen LogP contribution in [0.1, 0.15) is 19.8 Å². The van der Waals surface area contributed by atoms with Gasteiger partial charge in [-0.15, -0.1) is 0 Å². The molecular formula is C11H10Fe2LiO7Te2. The van der Waals surface area contributed by atoms with Crippen LogP contribution in [0.25, 0.3) is 0 Å². The molecule has 0 spiro atoms. The molecule has 0 aliphatic rings. The second kappa shape index (κ2) is 621. The number of hydrogen-bond donors (Lipinski definition) is 0. The van der Waals surface area contributed by atoms with Crippen molar-refractivity contribution in [2.24, 2.45) is 0 Å². The quantitative estimate of drug-likeness (QED) is 0.142. The van der Waals surface area contributed by atoms with Crippen molar-refractivity contribution in [3.8, 4) is 0 Å². The molecule has 0 amide bonds. The Morgan fingerprint density at radius 1 is 0.739 bits per heavy atom. The van der Waals surface area contributed by atoms with Crippen LogP contribution in [0.15, 0.2) is 0 Å². The molecule has 0 heterocycles. The van der Waals surface area contributed by atoms with Crippen LogP contribution < -0.4 is 18.9 Å². The van der Waals surface area contributed by atoms with Crippen LogP contribution in [0, 0.1) is 39.9 Å². The smallest absolute Gasteiger partial charge is 0.545 e. The third-order valence-electron chi connectivity index (χ3n) is 0.498. The third-order valence-corrected chi connectivity index (χ3v) is 1.32. The van der Waals surface area contributed by atoms with Crippen molar-refractivity contribution < 1.29 is 85.7 Å². The van der Waals surface area contributed by atoms with Crippen molar-refractivity contribution in [2.45, 2.75) is 24.2 Å². The fourth-order valence-electron chi connectivity index (χ4n) is 0.144. The molecule has 0 N–H and O–H groups in total. The van der Waals surface area contributed by atoms with Crippen molar-refractivity contribution in [3.05, 3.63) is 39.9 Å². The number of rotatable bonds is 2. The van der Waals surface area contributed by atoms with Gasteiger partial charge in [-0.3, -0.25) is 6.79 Å². The van der Waals surface area contributed by atoms with Gasteiger partial charge in [0.1, 0.15) is 0 Å². The first-order valence-electron chi connectivity index (χ1n) is 3.46. The van der Waals surface area contributed by atoms with Crippen LogP contribution in [-0.4, -0.2) is 52.8 Å². The molecule has 0 atom stereocenters. The van der Waals surface area contributed by atoms with Crippen LogP contribution in [-0.2, 0) is 66.8 Å². The first-order chi connectivity index (χ1) is 9.41. The van der Waals surface area contributed by atoms with E-state index in [1.165, 1.54) is 17.3 Å². The largest absolute Gasteiger partial charge is 1.00 e. The normalized spacial score (nSPS) is 2.52. The maximum Gasteiger partial charge on any atom is 1.00 e. The molecule has 125 valence electrons. The SMILES string of the molecule is CCCC[Te].[C-]#[O+].[C-]#[O+].[C-]#[O+].[C-]#[O+].[C-]#[O+].[C-]#[O+].[CH-]=O.[Fe].[Fe].[Li+].[Te]. The van der Waals surface area contributed by atoms with E-state index in [0.29, 0.717) is 0 Å². The maximum atomic E-state index is 7.75. The minimum atomic E-state index is 0. The van der Waals surface area contributed by atoms with E-state index in [1.807, 2.05) is 0 Å². The number of carbonyl (C=O) groups excluding carboxylic acids is 1. The molecule has 0 aromatic heterocycles. The minimum Gasteiger partial charge on any atom is -0.545 e. The summed E-state index contributed by atoms with van der Waals surface area (Å²) in [7, 11) is 0. The molecule has 12 heteroatoms. The van der Waals surface area contributed by atoms with Crippen LogP contribution in [0.3, 0.4) is 0 Å². The van der Waals surface area contributed by atoms with E-state index in [-0.39, 0.29) is 76.7 Å². The van der Waals surface area contributed by atoms with Crippen LogP contribution in [0.4, 0.5) is 0 Å². The zero-order valence-electron chi connectivity index (χ0n) is 12.1. The van der Waals surface area contributed by atoms with Gasteiger partial charge in [-0.25, -0.2) is 0 Å². The molecule has 7 nitrogen and oxygen atoms in total. The fraction of sp³-hybridized carbons (Fsp3) is 0.364. The van der Waals surface area contributed by atoms with Gasteiger partial charge in [0.2, 0.25) is 0 Å².